The van der Waals surface area contributed by atoms with Crippen molar-refractivity contribution in [2.24, 2.45) is 5.73 Å². The predicted octanol–water partition coefficient (Wildman–Crippen LogP) is 7.65. The van der Waals surface area contributed by atoms with Crippen LogP contribution in [0, 0.1) is 6.92 Å². The minimum absolute atomic E-state index is 0.153. The number of primary amides is 1. The molecule has 0 fully saturated rings. The Morgan fingerprint density at radius 1 is 0.725 bits per heavy atom. The number of hydrogen-bond acceptors (Lipinski definition) is 5. The Morgan fingerprint density at radius 2 is 1.10 bits per heavy atom. The van der Waals surface area contributed by atoms with Crippen LogP contribution in [0.4, 0.5) is 0 Å². The van der Waals surface area contributed by atoms with E-state index in [0.717, 1.165) is 24.9 Å². The molecule has 0 saturated heterocycles. The number of carbonyl (C=O) groups is 2. The number of quaternary nitrogens is 1. The van der Waals surface area contributed by atoms with Crippen molar-refractivity contribution in [2.75, 3.05) is 20.6 Å². The van der Waals surface area contributed by atoms with E-state index in [-0.39, 0.29) is 16.7 Å². The van der Waals surface area contributed by atoms with E-state index in [0.29, 0.717) is 10.9 Å². The molecule has 0 aromatic heterocycles. The molecule has 0 radical (unpaired) electrons. The van der Waals surface area contributed by atoms with Crippen LogP contribution in [0.25, 0.3) is 0 Å². The molecular formula is C32H60N2O5S. The molecule has 234 valence electrons. The summed E-state index contributed by atoms with van der Waals surface area (Å²) >= 11 is 0. The average Bonchev–Trinajstić information content (AvgIpc) is 2.86. The summed E-state index contributed by atoms with van der Waals surface area (Å²) in [6.45, 7) is 8.76. The fourth-order valence-corrected chi connectivity index (χ4v) is 4.56. The minimum Gasteiger partial charge on any atom is -0.744 e. The van der Waals surface area contributed by atoms with Crippen molar-refractivity contribution in [3.63, 3.8) is 0 Å². The van der Waals surface area contributed by atoms with Gasteiger partial charge >= 0.3 is 5.91 Å². The summed E-state index contributed by atoms with van der Waals surface area (Å²) in [5, 5.41) is 0. The molecule has 0 aliphatic rings. The van der Waals surface area contributed by atoms with E-state index in [1.165, 1.54) is 102 Å². The highest BCUT2D eigenvalue weighted by molar-refractivity contribution is 7.85. The number of unbranched alkanes of at least 4 members (excludes halogenated alkanes) is 14. The molecule has 2 amide bonds. The fraction of sp³-hybridized carbons (Fsp3) is 0.750. The molecule has 0 saturated carbocycles. The normalized spacial score (nSPS) is 11.2. The monoisotopic (exact) mass is 584 g/mol. The number of benzene rings is 1. The molecule has 0 unspecified atom stereocenters. The van der Waals surface area contributed by atoms with Crippen LogP contribution in [0.5, 0.6) is 0 Å². The number of amides is 2. The Labute approximate surface area is 246 Å². The number of hydrogen-bond donors (Lipinski definition) is 1. The molecule has 0 bridgehead atoms. The van der Waals surface area contributed by atoms with Crippen LogP contribution in [0.1, 0.15) is 135 Å². The van der Waals surface area contributed by atoms with E-state index >= 15 is 0 Å². The molecule has 0 aliphatic carbocycles. The first-order chi connectivity index (χ1) is 18.8. The third-order valence-corrected chi connectivity index (χ3v) is 7.82. The van der Waals surface area contributed by atoms with Gasteiger partial charge in [-0.15, -0.1) is 0 Å². The van der Waals surface area contributed by atoms with Gasteiger partial charge in [0.25, 0.3) is 0 Å². The lowest BCUT2D eigenvalue weighted by Crippen LogP contribution is -2.44. The van der Waals surface area contributed by atoms with Gasteiger partial charge in [0.15, 0.2) is 0 Å². The maximum atomic E-state index is 10.8. The topological polar surface area (TPSA) is 117 Å². The zero-order valence-corrected chi connectivity index (χ0v) is 27.3. The third kappa shape index (κ3) is 26.5. The fourth-order valence-electron chi connectivity index (χ4n) is 4.09. The molecular weight excluding hydrogens is 524 g/mol. The summed E-state index contributed by atoms with van der Waals surface area (Å²) in [7, 11) is -0.397. The third-order valence-electron chi connectivity index (χ3n) is 6.97. The molecule has 7 nitrogen and oxygen atoms in total. The second-order valence-electron chi connectivity index (χ2n) is 11.4. The lowest BCUT2D eigenvalue weighted by molar-refractivity contribution is -0.813. The van der Waals surface area contributed by atoms with Gasteiger partial charge in [-0.1, -0.05) is 121 Å². The highest BCUT2D eigenvalue weighted by Crippen LogP contribution is 2.13. The van der Waals surface area contributed by atoms with Gasteiger partial charge in [0, 0.05) is 6.42 Å². The van der Waals surface area contributed by atoms with Gasteiger partial charge in [-0.05, 0) is 31.9 Å². The van der Waals surface area contributed by atoms with Gasteiger partial charge in [-0.25, -0.2) is 13.2 Å². The average molecular weight is 585 g/mol. The number of nitrogens with two attached hydrogens (primary N) is 1. The SMILES string of the molecule is CCCCCCCCCCCCCCCCCC(N)=O.CCC[N+](C)(C)C(C)=O.Cc1ccc(S(=O)(=O)[O-])cc1. The molecule has 40 heavy (non-hydrogen) atoms. The lowest BCUT2D eigenvalue weighted by atomic mass is 10.0. The maximum Gasteiger partial charge on any atom is 0.310 e. The van der Waals surface area contributed by atoms with Crippen molar-refractivity contribution in [2.45, 2.75) is 142 Å². The molecule has 1 aromatic carbocycles. The highest BCUT2D eigenvalue weighted by Gasteiger charge is 2.19. The lowest BCUT2D eigenvalue weighted by Gasteiger charge is -2.24. The highest BCUT2D eigenvalue weighted by atomic mass is 32.2. The summed E-state index contributed by atoms with van der Waals surface area (Å²) in [4.78, 5) is 21.2. The van der Waals surface area contributed by atoms with Gasteiger partial charge in [-0.2, -0.15) is 0 Å². The van der Waals surface area contributed by atoms with Gasteiger partial charge < -0.3 is 10.3 Å². The smallest absolute Gasteiger partial charge is 0.310 e. The summed E-state index contributed by atoms with van der Waals surface area (Å²) in [5.41, 5.74) is 6.04. The van der Waals surface area contributed by atoms with Crippen molar-refractivity contribution in [1.29, 1.82) is 0 Å². The van der Waals surface area contributed by atoms with Crippen molar-refractivity contribution in [1.82, 2.24) is 0 Å². The van der Waals surface area contributed by atoms with Crippen LogP contribution in [0.15, 0.2) is 29.2 Å². The van der Waals surface area contributed by atoms with E-state index in [2.05, 4.69) is 13.8 Å². The molecule has 0 aliphatic heterocycles. The van der Waals surface area contributed by atoms with Crippen LogP contribution < -0.4 is 5.73 Å². The molecule has 8 heteroatoms. The summed E-state index contributed by atoms with van der Waals surface area (Å²) in [5.74, 6) is 0.0801. The van der Waals surface area contributed by atoms with Crippen LogP contribution in [-0.4, -0.2) is 49.9 Å². The Bertz CT molecular complexity index is 868. The first-order valence-electron chi connectivity index (χ1n) is 15.4. The Balaban J connectivity index is 0. The first-order valence-corrected chi connectivity index (χ1v) is 16.8. The van der Waals surface area contributed by atoms with Crippen LogP contribution in [-0.2, 0) is 19.7 Å². The second-order valence-corrected chi connectivity index (χ2v) is 12.7. The summed E-state index contributed by atoms with van der Waals surface area (Å²) in [6.07, 6.45) is 21.9. The van der Waals surface area contributed by atoms with Crippen molar-refractivity contribution >= 4 is 21.9 Å². The molecule has 1 aromatic rings. The number of rotatable bonds is 19. The van der Waals surface area contributed by atoms with E-state index in [4.69, 9.17) is 5.73 Å². The van der Waals surface area contributed by atoms with Gasteiger partial charge in [-0.3, -0.25) is 9.28 Å². The Morgan fingerprint density at radius 3 is 1.38 bits per heavy atom. The molecule has 0 atom stereocenters. The minimum atomic E-state index is -4.27. The van der Waals surface area contributed by atoms with Crippen molar-refractivity contribution < 1.29 is 27.0 Å². The number of carbonyl (C=O) groups excluding carboxylic acids is 2. The predicted molar refractivity (Wildman–Crippen MR) is 166 cm³/mol. The van der Waals surface area contributed by atoms with Crippen LogP contribution in [0.2, 0.25) is 0 Å². The Kier molecular flexibility index (Phi) is 25.2. The molecule has 2 N–H and O–H groups in total. The van der Waals surface area contributed by atoms with E-state index in [1.54, 1.807) is 19.1 Å². The van der Waals surface area contributed by atoms with Gasteiger partial charge in [0.2, 0.25) is 5.91 Å². The zero-order valence-electron chi connectivity index (χ0n) is 26.5. The first kappa shape index (κ1) is 40.4. The zero-order chi connectivity index (χ0) is 30.9. The second kappa shape index (κ2) is 25.0. The van der Waals surface area contributed by atoms with E-state index < -0.39 is 10.1 Å². The number of aryl methyl sites for hydroxylation is 1. The van der Waals surface area contributed by atoms with Crippen LogP contribution in [0.3, 0.4) is 0 Å². The summed E-state index contributed by atoms with van der Waals surface area (Å²) < 4.78 is 31.7. The molecule has 0 heterocycles. The molecule has 0 spiro atoms. The van der Waals surface area contributed by atoms with Crippen molar-refractivity contribution in [3.05, 3.63) is 29.8 Å². The quantitative estimate of drug-likeness (QED) is 0.102. The van der Waals surface area contributed by atoms with Gasteiger partial charge in [0.1, 0.15) is 10.1 Å². The Hall–Kier alpha value is -1.77. The largest absolute Gasteiger partial charge is 0.744 e. The van der Waals surface area contributed by atoms with Crippen molar-refractivity contribution in [3.8, 4) is 0 Å². The molecule has 1 rings (SSSR count). The van der Waals surface area contributed by atoms with Crippen LogP contribution >= 0.6 is 0 Å². The summed E-state index contributed by atoms with van der Waals surface area (Å²) in [6, 6.07) is 5.78. The van der Waals surface area contributed by atoms with E-state index in [9.17, 15) is 22.6 Å². The van der Waals surface area contributed by atoms with E-state index in [1.807, 2.05) is 21.0 Å². The maximum absolute atomic E-state index is 10.8. The number of nitrogens with zero attached hydrogens (tertiary/aromatic N) is 1. The van der Waals surface area contributed by atoms with Gasteiger partial charge in [0.05, 0.1) is 32.5 Å². The standard InChI is InChI=1S/C18H37NO.C7H16NO.C7H8O3S/c1-2-3-4-5-6-7-8-9-10-11-12-13-14-15-16-17-18(19)20;1-5-6-8(3,4)7(2)9;1-6-2-4-7(5-3-6)11(8,9)10/h2-17H2,1H3,(H2,19,20);5-6H2,1-4H3;2-5H,1H3,(H,8,9,10)/q;+1;/p-1.